The van der Waals surface area contributed by atoms with Crippen LogP contribution in [0.3, 0.4) is 0 Å². The van der Waals surface area contributed by atoms with Crippen LogP contribution in [0.5, 0.6) is 5.75 Å². The number of aliphatic carboxylic acids is 2. The van der Waals surface area contributed by atoms with E-state index in [0.717, 1.165) is 10.6 Å². The predicted molar refractivity (Wildman–Crippen MR) is 69.9 cm³/mol. The maximum absolute atomic E-state index is 11.6. The molecule has 9 nitrogen and oxygen atoms in total. The van der Waals surface area contributed by atoms with Gasteiger partial charge < -0.3 is 25.0 Å². The quantitative estimate of drug-likeness (QED) is 0.484. The number of aliphatic hydroxyl groups is 1. The van der Waals surface area contributed by atoms with Crippen LogP contribution < -0.4 is 5.43 Å². The van der Waals surface area contributed by atoms with Gasteiger partial charge >= 0.3 is 11.9 Å². The minimum absolute atomic E-state index is 0.0268. The van der Waals surface area contributed by atoms with Crippen molar-refractivity contribution in [1.29, 1.82) is 0 Å². The van der Waals surface area contributed by atoms with E-state index >= 15 is 0 Å². The van der Waals surface area contributed by atoms with Crippen molar-refractivity contribution < 1.29 is 30.0 Å². The van der Waals surface area contributed by atoms with E-state index in [1.54, 1.807) is 0 Å². The van der Waals surface area contributed by atoms with Crippen LogP contribution in [0.4, 0.5) is 0 Å². The number of hydrogen-bond donors (Lipinski definition) is 4. The first kappa shape index (κ1) is 16.7. The number of nitrogens with zero attached hydrogens (tertiary/aromatic N) is 2. The highest BCUT2D eigenvalue weighted by atomic mass is 16.4. The summed E-state index contributed by atoms with van der Waals surface area (Å²) in [4.78, 5) is 34.4. The van der Waals surface area contributed by atoms with Crippen molar-refractivity contribution in [1.82, 2.24) is 9.47 Å². The Morgan fingerprint density at radius 2 is 1.90 bits per heavy atom. The first-order valence-corrected chi connectivity index (χ1v) is 5.93. The molecule has 0 unspecified atom stereocenters. The Labute approximate surface area is 119 Å². The van der Waals surface area contributed by atoms with E-state index in [4.69, 9.17) is 10.2 Å². The molecule has 0 bridgehead atoms. The van der Waals surface area contributed by atoms with E-state index in [1.807, 2.05) is 0 Å². The zero-order chi connectivity index (χ0) is 16.2. The second-order valence-electron chi connectivity index (χ2n) is 4.50. The Balaban J connectivity index is 3.31. The zero-order valence-electron chi connectivity index (χ0n) is 11.3. The molecule has 9 heteroatoms. The molecule has 21 heavy (non-hydrogen) atoms. The van der Waals surface area contributed by atoms with Crippen LogP contribution in [0.25, 0.3) is 0 Å². The molecule has 0 radical (unpaired) electrons. The lowest BCUT2D eigenvalue weighted by Gasteiger charge is -2.21. The van der Waals surface area contributed by atoms with Gasteiger partial charge in [0, 0.05) is 18.3 Å². The van der Waals surface area contributed by atoms with Gasteiger partial charge in [-0.25, -0.2) is 0 Å². The van der Waals surface area contributed by atoms with Crippen molar-refractivity contribution in [3.8, 4) is 5.75 Å². The highest BCUT2D eigenvalue weighted by molar-refractivity contribution is 5.69. The number of carboxylic acid groups (broad SMARTS) is 2. The number of carboxylic acids is 2. The Kier molecular flexibility index (Phi) is 5.44. The van der Waals surface area contributed by atoms with Crippen LogP contribution in [0.2, 0.25) is 0 Å². The highest BCUT2D eigenvalue weighted by Crippen LogP contribution is 2.17. The molecule has 0 saturated carbocycles. The second-order valence-corrected chi connectivity index (χ2v) is 4.50. The molecule has 0 amide bonds. The topological polar surface area (TPSA) is 140 Å². The third-order valence-corrected chi connectivity index (χ3v) is 2.76. The average Bonchev–Trinajstić information content (AvgIpc) is 2.36. The monoisotopic (exact) mass is 300 g/mol. The van der Waals surface area contributed by atoms with Crippen molar-refractivity contribution in [3.05, 3.63) is 27.7 Å². The van der Waals surface area contributed by atoms with Gasteiger partial charge in [-0.15, -0.1) is 0 Å². The van der Waals surface area contributed by atoms with Crippen molar-refractivity contribution in [2.45, 2.75) is 19.7 Å². The predicted octanol–water partition coefficient (Wildman–Crippen LogP) is -1.35. The van der Waals surface area contributed by atoms with Gasteiger partial charge in [-0.2, -0.15) is 0 Å². The Morgan fingerprint density at radius 3 is 2.38 bits per heavy atom. The SMILES string of the molecule is CN(CC(=O)O)Cc1c(O)c(=O)cc(CO)n1CC(=O)O. The fraction of sp³-hybridized carbons (Fsp3) is 0.417. The molecule has 0 aromatic carbocycles. The number of aromatic nitrogens is 1. The largest absolute Gasteiger partial charge is 0.503 e. The van der Waals surface area contributed by atoms with Crippen molar-refractivity contribution in [3.63, 3.8) is 0 Å². The smallest absolute Gasteiger partial charge is 0.323 e. The molecular weight excluding hydrogens is 284 g/mol. The van der Waals surface area contributed by atoms with Gasteiger partial charge in [-0.3, -0.25) is 19.3 Å². The van der Waals surface area contributed by atoms with E-state index in [9.17, 15) is 24.6 Å². The molecular formula is C12H16N2O7. The number of hydrogen-bond acceptors (Lipinski definition) is 6. The van der Waals surface area contributed by atoms with E-state index in [0.29, 0.717) is 0 Å². The van der Waals surface area contributed by atoms with Gasteiger partial charge in [0.25, 0.3) is 0 Å². The summed E-state index contributed by atoms with van der Waals surface area (Å²) in [5, 5.41) is 36.6. The van der Waals surface area contributed by atoms with Crippen molar-refractivity contribution in [2.24, 2.45) is 0 Å². The van der Waals surface area contributed by atoms with Crippen LogP contribution in [-0.2, 0) is 29.3 Å². The summed E-state index contributed by atoms with van der Waals surface area (Å²) < 4.78 is 1.08. The summed E-state index contributed by atoms with van der Waals surface area (Å²) in [5.74, 6) is -3.00. The highest BCUT2D eigenvalue weighted by Gasteiger charge is 2.18. The Hall–Kier alpha value is -2.39. The maximum Gasteiger partial charge on any atom is 0.323 e. The number of aromatic hydroxyl groups is 1. The Morgan fingerprint density at radius 1 is 1.29 bits per heavy atom. The lowest BCUT2D eigenvalue weighted by molar-refractivity contribution is -0.139. The van der Waals surface area contributed by atoms with Gasteiger partial charge in [0.15, 0.2) is 5.75 Å². The summed E-state index contributed by atoms with van der Waals surface area (Å²) in [5.41, 5.74) is -0.795. The number of rotatable bonds is 7. The van der Waals surface area contributed by atoms with Crippen LogP contribution in [-0.4, -0.2) is 55.4 Å². The van der Waals surface area contributed by atoms with Crippen LogP contribution >= 0.6 is 0 Å². The molecule has 1 aromatic heterocycles. The third-order valence-electron chi connectivity index (χ3n) is 2.76. The lowest BCUT2D eigenvalue weighted by atomic mass is 10.2. The van der Waals surface area contributed by atoms with Crippen LogP contribution in [0.1, 0.15) is 11.4 Å². The van der Waals surface area contributed by atoms with Gasteiger partial charge in [-0.1, -0.05) is 0 Å². The van der Waals surface area contributed by atoms with Crippen LogP contribution in [0.15, 0.2) is 10.9 Å². The first-order valence-electron chi connectivity index (χ1n) is 5.93. The lowest BCUT2D eigenvalue weighted by Crippen LogP contribution is -2.30. The minimum Gasteiger partial charge on any atom is -0.503 e. The van der Waals surface area contributed by atoms with Gasteiger partial charge in [0.2, 0.25) is 5.43 Å². The van der Waals surface area contributed by atoms with Crippen molar-refractivity contribution >= 4 is 11.9 Å². The fourth-order valence-corrected chi connectivity index (χ4v) is 1.91. The fourth-order valence-electron chi connectivity index (χ4n) is 1.91. The van der Waals surface area contributed by atoms with E-state index in [1.165, 1.54) is 11.9 Å². The maximum atomic E-state index is 11.6. The number of carbonyl (C=O) groups is 2. The first-order chi connectivity index (χ1) is 9.76. The average molecular weight is 300 g/mol. The second kappa shape index (κ2) is 6.86. The summed E-state index contributed by atoms with van der Waals surface area (Å²) >= 11 is 0. The summed E-state index contributed by atoms with van der Waals surface area (Å²) in [6.07, 6.45) is 0. The molecule has 1 rings (SSSR count). The molecule has 1 aromatic rings. The molecule has 0 atom stereocenters. The standard InChI is InChI=1S/C12H16N2O7/c1-13(4-10(17)18)3-8-12(21)9(16)2-7(6-15)14(8)5-11(19)20/h2,15,21H,3-6H2,1H3,(H,17,18)(H,19,20). The molecule has 0 saturated heterocycles. The minimum atomic E-state index is -1.23. The molecule has 0 aliphatic rings. The molecule has 116 valence electrons. The van der Waals surface area contributed by atoms with Gasteiger partial charge in [-0.05, 0) is 7.05 Å². The number of pyridine rings is 1. The van der Waals surface area contributed by atoms with Gasteiger partial charge in [0.1, 0.15) is 6.54 Å². The van der Waals surface area contributed by atoms with Gasteiger partial charge in [0.05, 0.1) is 18.8 Å². The summed E-state index contributed by atoms with van der Waals surface area (Å²) in [6, 6.07) is 0.943. The molecule has 4 N–H and O–H groups in total. The van der Waals surface area contributed by atoms with Crippen molar-refractivity contribution in [2.75, 3.05) is 13.6 Å². The molecule has 0 aliphatic carbocycles. The van der Waals surface area contributed by atoms with E-state index in [2.05, 4.69) is 0 Å². The molecule has 1 heterocycles. The van der Waals surface area contributed by atoms with Crippen LogP contribution in [0, 0.1) is 0 Å². The summed E-state index contributed by atoms with van der Waals surface area (Å²) in [6.45, 7) is -1.67. The molecule has 0 aliphatic heterocycles. The summed E-state index contributed by atoms with van der Waals surface area (Å²) in [7, 11) is 1.44. The van der Waals surface area contributed by atoms with E-state index < -0.39 is 36.3 Å². The normalized spacial score (nSPS) is 10.8. The zero-order valence-corrected chi connectivity index (χ0v) is 11.3. The number of likely N-dealkylation sites (N-methyl/N-ethyl adjacent to an activating group) is 1. The molecule has 0 fully saturated rings. The Bertz CT molecular complexity index is 608. The third kappa shape index (κ3) is 4.29. The number of aliphatic hydroxyl groups excluding tert-OH is 1. The van der Waals surface area contributed by atoms with E-state index in [-0.39, 0.29) is 24.5 Å². The molecule has 0 spiro atoms.